The maximum Gasteiger partial charge on any atom is 0.255 e. The molecular weight excluding hydrogens is 468 g/mol. The molecular formula is C25H24N4O3S2. The van der Waals surface area contributed by atoms with Gasteiger partial charge < -0.3 is 5.32 Å². The first-order valence-electron chi connectivity index (χ1n) is 10.8. The van der Waals surface area contributed by atoms with Gasteiger partial charge in [-0.15, -0.1) is 11.3 Å². The molecule has 0 bridgehead atoms. The first-order valence-corrected chi connectivity index (χ1v) is 13.1. The summed E-state index contributed by atoms with van der Waals surface area (Å²) in [5, 5.41) is 5.72. The lowest BCUT2D eigenvalue weighted by Gasteiger charge is -2.18. The van der Waals surface area contributed by atoms with Gasteiger partial charge in [0.05, 0.1) is 10.6 Å². The third kappa shape index (κ3) is 5.06. The van der Waals surface area contributed by atoms with E-state index < -0.39 is 10.0 Å². The second kappa shape index (κ2) is 10.3. The zero-order valence-corrected chi connectivity index (χ0v) is 20.4. The standard InChI is InChI=1S/C25H24N4O3S2/c1-3-29(4-2)34(31,32)22-12-10-18(11-13-22)24(30)27-21-9-5-7-19(15-21)23-17-33-25(28-23)20-8-6-14-26-16-20/h5-17H,3-4H2,1-2H3,(H,27,30). The van der Waals surface area contributed by atoms with E-state index in [-0.39, 0.29) is 10.8 Å². The van der Waals surface area contributed by atoms with Crippen LogP contribution in [0.2, 0.25) is 0 Å². The summed E-state index contributed by atoms with van der Waals surface area (Å²) in [7, 11) is -3.57. The second-order valence-electron chi connectivity index (χ2n) is 7.43. The van der Waals surface area contributed by atoms with Gasteiger partial charge >= 0.3 is 0 Å². The van der Waals surface area contributed by atoms with E-state index in [1.807, 2.05) is 35.7 Å². The third-order valence-electron chi connectivity index (χ3n) is 5.29. The molecule has 174 valence electrons. The van der Waals surface area contributed by atoms with Crippen molar-refractivity contribution in [3.63, 3.8) is 0 Å². The maximum absolute atomic E-state index is 12.8. The first kappa shape index (κ1) is 23.7. The number of hydrogen-bond donors (Lipinski definition) is 1. The van der Waals surface area contributed by atoms with Crippen LogP contribution in [0.4, 0.5) is 5.69 Å². The summed E-state index contributed by atoms with van der Waals surface area (Å²) in [5.74, 6) is -0.321. The molecule has 0 atom stereocenters. The van der Waals surface area contributed by atoms with Gasteiger partial charge in [-0.2, -0.15) is 4.31 Å². The van der Waals surface area contributed by atoms with Gasteiger partial charge in [0.1, 0.15) is 5.01 Å². The summed E-state index contributed by atoms with van der Waals surface area (Å²) in [5.41, 5.74) is 3.64. The van der Waals surface area contributed by atoms with Crippen molar-refractivity contribution in [3.8, 4) is 21.8 Å². The molecule has 0 radical (unpaired) electrons. The van der Waals surface area contributed by atoms with E-state index in [1.54, 1.807) is 32.3 Å². The molecule has 0 aliphatic rings. The molecule has 0 spiro atoms. The molecule has 34 heavy (non-hydrogen) atoms. The molecule has 9 heteroatoms. The van der Waals surface area contributed by atoms with Gasteiger partial charge in [0.15, 0.2) is 0 Å². The fourth-order valence-corrected chi connectivity index (χ4v) is 5.76. The average Bonchev–Trinajstić information content (AvgIpc) is 3.36. The number of thiazole rings is 1. The highest BCUT2D eigenvalue weighted by Gasteiger charge is 2.21. The van der Waals surface area contributed by atoms with Crippen LogP contribution in [0.3, 0.4) is 0 Å². The number of pyridine rings is 1. The van der Waals surface area contributed by atoms with E-state index in [9.17, 15) is 13.2 Å². The summed E-state index contributed by atoms with van der Waals surface area (Å²) in [4.78, 5) is 21.8. The molecule has 2 aromatic heterocycles. The van der Waals surface area contributed by atoms with Crippen LogP contribution >= 0.6 is 11.3 Å². The number of amides is 1. The van der Waals surface area contributed by atoms with Crippen molar-refractivity contribution in [2.24, 2.45) is 0 Å². The van der Waals surface area contributed by atoms with Crippen molar-refractivity contribution < 1.29 is 13.2 Å². The number of rotatable bonds is 8. The first-order chi connectivity index (χ1) is 16.4. The van der Waals surface area contributed by atoms with E-state index >= 15 is 0 Å². The monoisotopic (exact) mass is 492 g/mol. The van der Waals surface area contributed by atoms with Gasteiger partial charge in [-0.3, -0.25) is 9.78 Å². The summed E-state index contributed by atoms with van der Waals surface area (Å²) >= 11 is 1.53. The van der Waals surface area contributed by atoms with Crippen LogP contribution in [0.15, 0.2) is 83.3 Å². The zero-order valence-electron chi connectivity index (χ0n) is 18.8. The number of aromatic nitrogens is 2. The number of anilines is 1. The predicted octanol–water partition coefficient (Wildman–Crippen LogP) is 5.15. The highest BCUT2D eigenvalue weighted by molar-refractivity contribution is 7.89. The quantitative estimate of drug-likeness (QED) is 0.367. The molecule has 0 aliphatic heterocycles. The number of nitrogens with zero attached hydrogens (tertiary/aromatic N) is 3. The average molecular weight is 493 g/mol. The van der Waals surface area contributed by atoms with Crippen molar-refractivity contribution in [1.29, 1.82) is 0 Å². The Hall–Kier alpha value is -3.40. The largest absolute Gasteiger partial charge is 0.322 e. The molecule has 7 nitrogen and oxygen atoms in total. The molecule has 0 fully saturated rings. The van der Waals surface area contributed by atoms with Crippen molar-refractivity contribution in [2.45, 2.75) is 18.7 Å². The Morgan fingerprint density at radius 3 is 2.41 bits per heavy atom. The van der Waals surface area contributed by atoms with Crippen LogP contribution in [0.5, 0.6) is 0 Å². The van der Waals surface area contributed by atoms with Crippen LogP contribution in [0.25, 0.3) is 21.8 Å². The minimum Gasteiger partial charge on any atom is -0.322 e. The number of hydrogen-bond acceptors (Lipinski definition) is 6. The molecule has 1 amide bonds. The molecule has 0 saturated heterocycles. The fourth-order valence-electron chi connectivity index (χ4n) is 3.48. The lowest BCUT2D eigenvalue weighted by atomic mass is 10.1. The van der Waals surface area contributed by atoms with Crippen LogP contribution in [0.1, 0.15) is 24.2 Å². The third-order valence-corrected chi connectivity index (χ3v) is 8.24. The normalized spacial score (nSPS) is 11.5. The number of carbonyl (C=O) groups excluding carboxylic acids is 1. The van der Waals surface area contributed by atoms with E-state index in [0.29, 0.717) is 24.3 Å². The van der Waals surface area contributed by atoms with Crippen LogP contribution in [-0.4, -0.2) is 41.7 Å². The molecule has 0 unspecified atom stereocenters. The van der Waals surface area contributed by atoms with E-state index in [2.05, 4.69) is 10.3 Å². The van der Waals surface area contributed by atoms with Gasteiger partial charge in [-0.1, -0.05) is 26.0 Å². The summed E-state index contributed by atoms with van der Waals surface area (Å²) < 4.78 is 26.7. The Labute approximate surface area is 203 Å². The van der Waals surface area contributed by atoms with Crippen molar-refractivity contribution in [1.82, 2.24) is 14.3 Å². The molecule has 2 aromatic carbocycles. The number of carbonyl (C=O) groups is 1. The van der Waals surface area contributed by atoms with Gasteiger partial charge in [0.2, 0.25) is 10.0 Å². The smallest absolute Gasteiger partial charge is 0.255 e. The van der Waals surface area contributed by atoms with E-state index in [1.165, 1.54) is 39.9 Å². The van der Waals surface area contributed by atoms with Gasteiger partial charge in [-0.25, -0.2) is 13.4 Å². The topological polar surface area (TPSA) is 92.3 Å². The molecule has 2 heterocycles. The Bertz CT molecular complexity index is 1380. The summed E-state index contributed by atoms with van der Waals surface area (Å²) in [6, 6.07) is 17.3. The SMILES string of the molecule is CCN(CC)S(=O)(=O)c1ccc(C(=O)Nc2cccc(-c3csc(-c4cccnc4)n3)c2)cc1. The minimum absolute atomic E-state index is 0.169. The van der Waals surface area contributed by atoms with E-state index in [4.69, 9.17) is 4.98 Å². The molecule has 1 N–H and O–H groups in total. The highest BCUT2D eigenvalue weighted by Crippen LogP contribution is 2.29. The maximum atomic E-state index is 12.8. The minimum atomic E-state index is -3.57. The van der Waals surface area contributed by atoms with Gasteiger partial charge in [0, 0.05) is 53.2 Å². The molecule has 0 saturated carbocycles. The lowest BCUT2D eigenvalue weighted by molar-refractivity contribution is 0.102. The molecule has 0 aliphatic carbocycles. The Morgan fingerprint density at radius 1 is 1.00 bits per heavy atom. The van der Waals surface area contributed by atoms with Crippen molar-refractivity contribution in [2.75, 3.05) is 18.4 Å². The van der Waals surface area contributed by atoms with Crippen LogP contribution < -0.4 is 5.32 Å². The van der Waals surface area contributed by atoms with Gasteiger partial charge in [0.25, 0.3) is 5.91 Å². The number of sulfonamides is 1. The summed E-state index contributed by atoms with van der Waals surface area (Å²) in [6.07, 6.45) is 3.50. The summed E-state index contributed by atoms with van der Waals surface area (Å²) in [6.45, 7) is 4.37. The Morgan fingerprint density at radius 2 is 1.74 bits per heavy atom. The predicted molar refractivity (Wildman–Crippen MR) is 135 cm³/mol. The van der Waals surface area contributed by atoms with E-state index in [0.717, 1.165) is 21.8 Å². The zero-order chi connectivity index (χ0) is 24.1. The van der Waals surface area contributed by atoms with Gasteiger partial charge in [-0.05, 0) is 48.5 Å². The van der Waals surface area contributed by atoms with Crippen LogP contribution in [-0.2, 0) is 10.0 Å². The number of nitrogens with one attached hydrogen (secondary N) is 1. The Kier molecular flexibility index (Phi) is 7.16. The number of benzene rings is 2. The molecule has 4 aromatic rings. The second-order valence-corrected chi connectivity index (χ2v) is 10.2. The van der Waals surface area contributed by atoms with Crippen molar-refractivity contribution in [3.05, 3.63) is 84.0 Å². The fraction of sp³-hybridized carbons (Fsp3) is 0.160. The van der Waals surface area contributed by atoms with Crippen LogP contribution in [0, 0.1) is 0 Å². The Balaban J connectivity index is 1.49. The van der Waals surface area contributed by atoms with Crippen molar-refractivity contribution >= 4 is 33.0 Å². The highest BCUT2D eigenvalue weighted by atomic mass is 32.2. The molecule has 4 rings (SSSR count). The lowest BCUT2D eigenvalue weighted by Crippen LogP contribution is -2.30.